The van der Waals surface area contributed by atoms with Gasteiger partial charge in [-0.15, -0.1) is 0 Å². The zero-order chi connectivity index (χ0) is 6.82. The first-order valence-electron chi connectivity index (χ1n) is 3.68. The number of hydrogen-bond acceptors (Lipinski definition) is 3. The lowest BCUT2D eigenvalue weighted by atomic mass is 9.52. The van der Waals surface area contributed by atoms with E-state index in [1.165, 1.54) is 0 Å². The molecule has 0 bridgehead atoms. The second-order valence-corrected chi connectivity index (χ2v) is 3.44. The molecule has 54 valence electrons. The fourth-order valence-electron chi connectivity index (χ4n) is 2.35. The molecule has 0 N–H and O–H groups in total. The summed E-state index contributed by atoms with van der Waals surface area (Å²) in [6, 6.07) is 0. The van der Waals surface area contributed by atoms with E-state index in [4.69, 9.17) is 9.47 Å². The fourth-order valence-corrected chi connectivity index (χ4v) is 2.35. The Hall–Kier alpha value is -0.730. The highest BCUT2D eigenvalue weighted by Crippen LogP contribution is 2.65. The molecule has 0 aromatic heterocycles. The molecule has 2 saturated carbocycles. The Bertz CT molecular complexity index is 191. The Morgan fingerprint density at radius 2 is 1.40 bits per heavy atom. The Labute approximate surface area is 58.3 Å². The normalized spacial score (nSPS) is 55.0. The minimum absolute atomic E-state index is 0.149. The van der Waals surface area contributed by atoms with Crippen LogP contribution in [-0.2, 0) is 9.47 Å². The highest BCUT2D eigenvalue weighted by atomic mass is 16.8. The van der Waals surface area contributed by atoms with E-state index in [-0.39, 0.29) is 11.2 Å². The number of carbonyl (C=O) groups is 1. The van der Waals surface area contributed by atoms with Gasteiger partial charge in [-0.2, -0.15) is 0 Å². The molecule has 0 radical (unpaired) electrons. The Balaban J connectivity index is 2.05. The van der Waals surface area contributed by atoms with Crippen molar-refractivity contribution in [3.63, 3.8) is 0 Å². The van der Waals surface area contributed by atoms with Gasteiger partial charge in [0.05, 0.1) is 0 Å². The molecule has 0 amide bonds. The van der Waals surface area contributed by atoms with Gasteiger partial charge in [0.25, 0.3) is 0 Å². The quantitative estimate of drug-likeness (QED) is 0.474. The zero-order valence-electron chi connectivity index (χ0n) is 5.55. The molecular weight excluding hydrogens is 132 g/mol. The van der Waals surface area contributed by atoms with Crippen LogP contribution in [0, 0.1) is 0 Å². The number of hydrogen-bond donors (Lipinski definition) is 0. The van der Waals surface area contributed by atoms with Gasteiger partial charge in [0.15, 0.2) is 11.2 Å². The molecule has 0 aromatic rings. The van der Waals surface area contributed by atoms with Gasteiger partial charge in [0.1, 0.15) is 0 Å². The minimum atomic E-state index is -0.449. The van der Waals surface area contributed by atoms with Crippen molar-refractivity contribution < 1.29 is 14.3 Å². The third-order valence-electron chi connectivity index (χ3n) is 3.25. The molecule has 1 aliphatic heterocycles. The highest BCUT2D eigenvalue weighted by Gasteiger charge is 2.75. The SMILES string of the molecule is O=C1OC23CCC2(CC3)O1. The molecule has 3 aliphatic rings. The largest absolute Gasteiger partial charge is 0.509 e. The van der Waals surface area contributed by atoms with Gasteiger partial charge in [-0.1, -0.05) is 0 Å². The van der Waals surface area contributed by atoms with Gasteiger partial charge in [-0.05, 0) is 25.7 Å². The van der Waals surface area contributed by atoms with E-state index in [2.05, 4.69) is 0 Å². The van der Waals surface area contributed by atoms with Crippen molar-refractivity contribution in [3.05, 3.63) is 0 Å². The molecule has 10 heavy (non-hydrogen) atoms. The molecule has 0 spiro atoms. The van der Waals surface area contributed by atoms with E-state index < -0.39 is 6.16 Å². The summed E-state index contributed by atoms with van der Waals surface area (Å²) in [4.78, 5) is 10.7. The number of rotatable bonds is 0. The molecule has 3 rings (SSSR count). The highest BCUT2D eigenvalue weighted by molar-refractivity contribution is 5.66. The molecule has 3 fully saturated rings. The number of carbonyl (C=O) groups excluding carboxylic acids is 1. The van der Waals surface area contributed by atoms with Gasteiger partial charge in [-0.3, -0.25) is 0 Å². The lowest BCUT2D eigenvalue weighted by Gasteiger charge is -2.58. The maximum atomic E-state index is 10.7. The summed E-state index contributed by atoms with van der Waals surface area (Å²) in [7, 11) is 0. The standard InChI is InChI=1S/C7H8O3/c8-5-9-6-1-2-7(6,10-5)4-3-6/h1-4H2. The molecular formula is C7H8O3. The van der Waals surface area contributed by atoms with Crippen molar-refractivity contribution in [2.75, 3.05) is 0 Å². The summed E-state index contributed by atoms with van der Waals surface area (Å²) in [6.45, 7) is 0. The summed E-state index contributed by atoms with van der Waals surface area (Å²) >= 11 is 0. The molecule has 2 aliphatic carbocycles. The molecule has 0 aromatic carbocycles. The van der Waals surface area contributed by atoms with Crippen LogP contribution in [0.1, 0.15) is 25.7 Å². The Morgan fingerprint density at radius 1 is 1.00 bits per heavy atom. The number of ether oxygens (including phenoxy) is 2. The Kier molecular flexibility index (Phi) is 0.531. The summed E-state index contributed by atoms with van der Waals surface area (Å²) < 4.78 is 10.2. The first-order chi connectivity index (χ1) is 4.77. The van der Waals surface area contributed by atoms with Crippen molar-refractivity contribution in [2.24, 2.45) is 0 Å². The van der Waals surface area contributed by atoms with Gasteiger partial charge in [0.2, 0.25) is 0 Å². The van der Waals surface area contributed by atoms with Crippen LogP contribution in [0.4, 0.5) is 4.79 Å². The van der Waals surface area contributed by atoms with Crippen LogP contribution < -0.4 is 0 Å². The van der Waals surface area contributed by atoms with E-state index in [1.807, 2.05) is 0 Å². The van der Waals surface area contributed by atoms with E-state index in [1.54, 1.807) is 0 Å². The molecule has 1 saturated heterocycles. The average Bonchev–Trinajstić information content (AvgIpc) is 2.09. The summed E-state index contributed by atoms with van der Waals surface area (Å²) in [6.07, 6.45) is 3.60. The third kappa shape index (κ3) is 0.274. The Morgan fingerprint density at radius 3 is 1.60 bits per heavy atom. The van der Waals surface area contributed by atoms with E-state index in [0.717, 1.165) is 25.7 Å². The van der Waals surface area contributed by atoms with Crippen molar-refractivity contribution in [2.45, 2.75) is 36.9 Å². The summed E-state index contributed by atoms with van der Waals surface area (Å²) in [5.74, 6) is 0. The van der Waals surface area contributed by atoms with E-state index in [9.17, 15) is 4.79 Å². The van der Waals surface area contributed by atoms with E-state index >= 15 is 0 Å². The van der Waals surface area contributed by atoms with Crippen molar-refractivity contribution in [1.82, 2.24) is 0 Å². The molecule has 3 nitrogen and oxygen atoms in total. The van der Waals surface area contributed by atoms with Crippen LogP contribution in [-0.4, -0.2) is 17.4 Å². The van der Waals surface area contributed by atoms with Crippen molar-refractivity contribution >= 4 is 6.16 Å². The fraction of sp³-hybridized carbons (Fsp3) is 0.857. The predicted octanol–water partition coefficient (Wildman–Crippen LogP) is 1.22. The summed E-state index contributed by atoms with van der Waals surface area (Å²) in [5, 5.41) is 0. The monoisotopic (exact) mass is 140 g/mol. The first kappa shape index (κ1) is 4.99. The van der Waals surface area contributed by atoms with Gasteiger partial charge < -0.3 is 9.47 Å². The third-order valence-corrected chi connectivity index (χ3v) is 3.25. The molecule has 1 heterocycles. The smallest absolute Gasteiger partial charge is 0.423 e. The van der Waals surface area contributed by atoms with Crippen LogP contribution in [0.5, 0.6) is 0 Å². The van der Waals surface area contributed by atoms with Crippen molar-refractivity contribution in [3.8, 4) is 0 Å². The van der Waals surface area contributed by atoms with E-state index in [0.29, 0.717) is 0 Å². The van der Waals surface area contributed by atoms with Crippen LogP contribution in [0.2, 0.25) is 0 Å². The van der Waals surface area contributed by atoms with Crippen LogP contribution in [0.3, 0.4) is 0 Å². The van der Waals surface area contributed by atoms with Gasteiger partial charge >= 0.3 is 6.16 Å². The molecule has 0 atom stereocenters. The van der Waals surface area contributed by atoms with Gasteiger partial charge in [-0.25, -0.2) is 4.79 Å². The predicted molar refractivity (Wildman–Crippen MR) is 31.5 cm³/mol. The molecule has 3 heteroatoms. The maximum absolute atomic E-state index is 10.7. The van der Waals surface area contributed by atoms with Crippen LogP contribution in [0.15, 0.2) is 0 Å². The second-order valence-electron chi connectivity index (χ2n) is 3.44. The first-order valence-corrected chi connectivity index (χ1v) is 3.68. The summed E-state index contributed by atoms with van der Waals surface area (Å²) in [5.41, 5.74) is -0.297. The van der Waals surface area contributed by atoms with Crippen LogP contribution >= 0.6 is 0 Å². The topological polar surface area (TPSA) is 35.5 Å². The van der Waals surface area contributed by atoms with Crippen LogP contribution in [0.25, 0.3) is 0 Å². The zero-order valence-corrected chi connectivity index (χ0v) is 5.55. The second kappa shape index (κ2) is 1.06. The lowest BCUT2D eigenvalue weighted by molar-refractivity contribution is -0.208. The maximum Gasteiger partial charge on any atom is 0.509 e. The average molecular weight is 140 g/mol. The van der Waals surface area contributed by atoms with Crippen molar-refractivity contribution in [1.29, 1.82) is 0 Å². The lowest BCUT2D eigenvalue weighted by Crippen LogP contribution is -2.68. The minimum Gasteiger partial charge on any atom is -0.423 e. The van der Waals surface area contributed by atoms with Gasteiger partial charge in [0, 0.05) is 0 Å². The molecule has 0 unspecified atom stereocenters.